The number of thiol groups is 1. The van der Waals surface area contributed by atoms with Crippen LogP contribution in [0.4, 0.5) is 0 Å². The van der Waals surface area contributed by atoms with Gasteiger partial charge >= 0.3 is 0 Å². The fourth-order valence-corrected chi connectivity index (χ4v) is 0.903. The molecule has 0 saturated carbocycles. The van der Waals surface area contributed by atoms with E-state index >= 15 is 0 Å². The van der Waals surface area contributed by atoms with Gasteiger partial charge in [0.1, 0.15) is 5.76 Å². The second-order valence-corrected chi connectivity index (χ2v) is 1.98. The molecule has 0 aromatic carbocycles. The first-order chi connectivity index (χ1) is 3.84. The second-order valence-electron chi connectivity index (χ2n) is 1.66. The molecule has 8 heavy (non-hydrogen) atoms. The molecule has 1 aromatic rings. The van der Waals surface area contributed by atoms with Gasteiger partial charge in [0.2, 0.25) is 0 Å². The molecule has 0 saturated heterocycles. The predicted octanol–water partition coefficient (Wildman–Crippen LogP) is 2.02. The first-order valence-electron chi connectivity index (χ1n) is 2.48. The first-order valence-corrected chi connectivity index (χ1v) is 3.11. The summed E-state index contributed by atoms with van der Waals surface area (Å²) < 4.78 is 5.01. The quantitative estimate of drug-likeness (QED) is 0.571. The molecule has 1 aromatic heterocycles. The molecule has 0 aliphatic heterocycles. The number of furan rings is 1. The van der Waals surface area contributed by atoms with Crippen molar-refractivity contribution in [3.63, 3.8) is 0 Å². The molecule has 0 atom stereocenters. The second kappa shape index (κ2) is 2.27. The van der Waals surface area contributed by atoms with E-state index < -0.39 is 0 Å². The summed E-state index contributed by atoms with van der Waals surface area (Å²) in [7, 11) is 0. The molecule has 0 aliphatic rings. The van der Waals surface area contributed by atoms with Gasteiger partial charge in [0, 0.05) is 11.3 Å². The van der Waals surface area contributed by atoms with Crippen molar-refractivity contribution in [3.8, 4) is 0 Å². The maximum absolute atomic E-state index is 5.01. The molecule has 1 rings (SSSR count). The van der Waals surface area contributed by atoms with E-state index in [0.717, 1.165) is 11.5 Å². The van der Waals surface area contributed by atoms with Gasteiger partial charge < -0.3 is 4.42 Å². The summed E-state index contributed by atoms with van der Waals surface area (Å²) in [6.45, 7) is 1.94. The molecule has 0 fully saturated rings. The van der Waals surface area contributed by atoms with Crippen LogP contribution in [0.2, 0.25) is 0 Å². The highest BCUT2D eigenvalue weighted by Crippen LogP contribution is 2.09. The maximum atomic E-state index is 5.01. The molecule has 1 heterocycles. The van der Waals surface area contributed by atoms with Gasteiger partial charge in [-0.3, -0.25) is 0 Å². The Balaban J connectivity index is 2.92. The number of rotatable bonds is 1. The van der Waals surface area contributed by atoms with Gasteiger partial charge in [-0.15, -0.1) is 0 Å². The maximum Gasteiger partial charge on any atom is 0.104 e. The van der Waals surface area contributed by atoms with E-state index in [4.69, 9.17) is 4.42 Å². The van der Waals surface area contributed by atoms with Crippen molar-refractivity contribution in [1.29, 1.82) is 0 Å². The van der Waals surface area contributed by atoms with E-state index in [1.165, 1.54) is 5.56 Å². The van der Waals surface area contributed by atoms with Crippen molar-refractivity contribution < 1.29 is 4.42 Å². The topological polar surface area (TPSA) is 13.1 Å². The summed E-state index contributed by atoms with van der Waals surface area (Å²) in [4.78, 5) is 0. The van der Waals surface area contributed by atoms with Gasteiger partial charge in [0.05, 0.1) is 6.26 Å². The third kappa shape index (κ3) is 0.892. The summed E-state index contributed by atoms with van der Waals surface area (Å²) >= 11 is 4.09. The summed E-state index contributed by atoms with van der Waals surface area (Å²) in [5.74, 6) is 1.74. The zero-order valence-corrected chi connectivity index (χ0v) is 5.61. The lowest BCUT2D eigenvalue weighted by atomic mass is 10.3. The Labute approximate surface area is 54.1 Å². The van der Waals surface area contributed by atoms with Crippen LogP contribution in [0.5, 0.6) is 0 Å². The van der Waals surface area contributed by atoms with E-state index in [1.807, 2.05) is 13.0 Å². The molecular formula is C6H8OS. The fraction of sp³-hybridized carbons (Fsp3) is 0.333. The Morgan fingerprint density at radius 3 is 2.75 bits per heavy atom. The standard InChI is InChI=1S/C6H8OS/c1-5-6(4-8)2-3-7-5/h2-3,8H,4H2,1H3. The van der Waals surface area contributed by atoms with Gasteiger partial charge in [0.15, 0.2) is 0 Å². The van der Waals surface area contributed by atoms with Crippen LogP contribution in [-0.4, -0.2) is 0 Å². The van der Waals surface area contributed by atoms with E-state index in [2.05, 4.69) is 12.6 Å². The minimum atomic E-state index is 0.766. The summed E-state index contributed by atoms with van der Waals surface area (Å²) in [5.41, 5.74) is 1.17. The van der Waals surface area contributed by atoms with Crippen LogP contribution < -0.4 is 0 Å². The molecule has 0 radical (unpaired) electrons. The van der Waals surface area contributed by atoms with Crippen molar-refractivity contribution in [2.75, 3.05) is 0 Å². The zero-order valence-electron chi connectivity index (χ0n) is 4.72. The Kier molecular flexibility index (Phi) is 1.63. The van der Waals surface area contributed by atoms with E-state index in [-0.39, 0.29) is 0 Å². The van der Waals surface area contributed by atoms with E-state index in [1.54, 1.807) is 6.26 Å². The normalized spacial score (nSPS) is 9.75. The van der Waals surface area contributed by atoms with Crippen LogP contribution in [0, 0.1) is 6.92 Å². The van der Waals surface area contributed by atoms with Crippen LogP contribution >= 0.6 is 12.6 Å². The van der Waals surface area contributed by atoms with Gasteiger partial charge in [-0.2, -0.15) is 12.6 Å². The molecule has 0 N–H and O–H groups in total. The molecule has 0 unspecified atom stereocenters. The van der Waals surface area contributed by atoms with Crippen LogP contribution in [0.1, 0.15) is 11.3 Å². The monoisotopic (exact) mass is 128 g/mol. The summed E-state index contributed by atoms with van der Waals surface area (Å²) in [6, 6.07) is 1.93. The Morgan fingerprint density at radius 2 is 2.50 bits per heavy atom. The van der Waals surface area contributed by atoms with Crippen molar-refractivity contribution >= 4 is 12.6 Å². The van der Waals surface area contributed by atoms with E-state index in [0.29, 0.717) is 0 Å². The molecule has 0 amide bonds. The van der Waals surface area contributed by atoms with Gasteiger partial charge in [-0.1, -0.05) is 0 Å². The lowest BCUT2D eigenvalue weighted by Crippen LogP contribution is -1.72. The smallest absolute Gasteiger partial charge is 0.104 e. The van der Waals surface area contributed by atoms with Crippen molar-refractivity contribution in [1.82, 2.24) is 0 Å². The predicted molar refractivity (Wildman–Crippen MR) is 36.1 cm³/mol. The molecule has 0 spiro atoms. The summed E-state index contributed by atoms with van der Waals surface area (Å²) in [6.07, 6.45) is 1.68. The fourth-order valence-electron chi connectivity index (χ4n) is 0.575. The Morgan fingerprint density at radius 1 is 1.75 bits per heavy atom. The van der Waals surface area contributed by atoms with Crippen molar-refractivity contribution in [2.24, 2.45) is 0 Å². The van der Waals surface area contributed by atoms with Crippen molar-refractivity contribution in [2.45, 2.75) is 12.7 Å². The average Bonchev–Trinajstić information content (AvgIpc) is 2.14. The molecule has 44 valence electrons. The first kappa shape index (κ1) is 5.76. The van der Waals surface area contributed by atoms with Gasteiger partial charge in [0.25, 0.3) is 0 Å². The minimum absolute atomic E-state index is 0.766. The van der Waals surface area contributed by atoms with Crippen LogP contribution in [0.15, 0.2) is 16.7 Å². The van der Waals surface area contributed by atoms with E-state index in [9.17, 15) is 0 Å². The number of hydrogen-bond acceptors (Lipinski definition) is 2. The lowest BCUT2D eigenvalue weighted by molar-refractivity contribution is 0.531. The molecule has 2 heteroatoms. The van der Waals surface area contributed by atoms with Gasteiger partial charge in [-0.05, 0) is 13.0 Å². The van der Waals surface area contributed by atoms with Crippen LogP contribution in [0.25, 0.3) is 0 Å². The minimum Gasteiger partial charge on any atom is -0.469 e. The highest BCUT2D eigenvalue weighted by molar-refractivity contribution is 7.79. The Hall–Kier alpha value is -0.370. The zero-order chi connectivity index (χ0) is 5.98. The van der Waals surface area contributed by atoms with Crippen molar-refractivity contribution in [3.05, 3.63) is 23.7 Å². The van der Waals surface area contributed by atoms with Crippen LogP contribution in [0.3, 0.4) is 0 Å². The lowest BCUT2D eigenvalue weighted by Gasteiger charge is -1.85. The SMILES string of the molecule is Cc1occc1CS. The Bertz CT molecular complexity index is 169. The molecule has 0 bridgehead atoms. The average molecular weight is 128 g/mol. The largest absolute Gasteiger partial charge is 0.469 e. The summed E-state index contributed by atoms with van der Waals surface area (Å²) in [5, 5.41) is 0. The molecular weight excluding hydrogens is 120 g/mol. The molecule has 0 aliphatic carbocycles. The highest BCUT2D eigenvalue weighted by Gasteiger charge is 1.94. The third-order valence-electron chi connectivity index (χ3n) is 1.14. The highest BCUT2D eigenvalue weighted by atomic mass is 32.1. The third-order valence-corrected chi connectivity index (χ3v) is 1.48. The van der Waals surface area contributed by atoms with Crippen LogP contribution in [-0.2, 0) is 5.75 Å². The molecule has 1 nitrogen and oxygen atoms in total. The van der Waals surface area contributed by atoms with Gasteiger partial charge in [-0.25, -0.2) is 0 Å². The number of hydrogen-bond donors (Lipinski definition) is 1. The number of aryl methyl sites for hydroxylation is 1.